The first kappa shape index (κ1) is 12.0. The van der Waals surface area contributed by atoms with Crippen LogP contribution in [0.2, 0.25) is 0 Å². The Bertz CT molecular complexity index is 533. The number of ether oxygens (including phenoxy) is 1. The van der Waals surface area contributed by atoms with E-state index in [-0.39, 0.29) is 12.6 Å². The second-order valence-corrected chi connectivity index (χ2v) is 3.94. The fourth-order valence-electron chi connectivity index (χ4n) is 1.47. The number of rotatable bonds is 3. The van der Waals surface area contributed by atoms with E-state index in [2.05, 4.69) is 0 Å². The second-order valence-electron chi connectivity index (χ2n) is 3.94. The summed E-state index contributed by atoms with van der Waals surface area (Å²) in [5, 5.41) is 0. The first-order valence-corrected chi connectivity index (χ1v) is 5.52. The largest absolute Gasteiger partial charge is 0.457 e. The number of esters is 1. The van der Waals surface area contributed by atoms with Crippen molar-refractivity contribution in [2.45, 2.75) is 6.61 Å². The Morgan fingerprint density at radius 2 is 1.39 bits per heavy atom. The van der Waals surface area contributed by atoms with Crippen molar-refractivity contribution in [1.29, 1.82) is 0 Å². The van der Waals surface area contributed by atoms with E-state index in [4.69, 9.17) is 16.2 Å². The van der Waals surface area contributed by atoms with Crippen molar-refractivity contribution in [2.75, 3.05) is 11.5 Å². The van der Waals surface area contributed by atoms with Gasteiger partial charge >= 0.3 is 5.97 Å². The van der Waals surface area contributed by atoms with Crippen molar-refractivity contribution in [3.05, 3.63) is 59.7 Å². The average Bonchev–Trinajstić information content (AvgIpc) is 2.38. The molecular weight excluding hydrogens is 228 g/mol. The van der Waals surface area contributed by atoms with Crippen LogP contribution in [0.25, 0.3) is 0 Å². The van der Waals surface area contributed by atoms with Gasteiger partial charge in [-0.3, -0.25) is 0 Å². The molecule has 92 valence electrons. The molecule has 2 aromatic carbocycles. The van der Waals surface area contributed by atoms with Crippen molar-refractivity contribution in [3.8, 4) is 0 Å². The standard InChI is InChI=1S/C14H14N2O2/c15-12-5-1-10(2-6-12)9-18-14(17)11-3-7-13(16)8-4-11/h1-8H,9,15-16H2. The molecule has 4 N–H and O–H groups in total. The minimum Gasteiger partial charge on any atom is -0.457 e. The first-order chi connectivity index (χ1) is 8.65. The maximum Gasteiger partial charge on any atom is 0.338 e. The van der Waals surface area contributed by atoms with Crippen molar-refractivity contribution in [3.63, 3.8) is 0 Å². The topological polar surface area (TPSA) is 78.3 Å². The maximum absolute atomic E-state index is 11.7. The number of hydrogen-bond donors (Lipinski definition) is 2. The number of benzene rings is 2. The summed E-state index contributed by atoms with van der Waals surface area (Å²) in [5.41, 5.74) is 13.8. The molecule has 0 radical (unpaired) electrons. The summed E-state index contributed by atoms with van der Waals surface area (Å²) < 4.78 is 5.17. The molecule has 4 nitrogen and oxygen atoms in total. The highest BCUT2D eigenvalue weighted by molar-refractivity contribution is 5.89. The quantitative estimate of drug-likeness (QED) is 0.639. The molecule has 0 bridgehead atoms. The minimum atomic E-state index is -0.369. The summed E-state index contributed by atoms with van der Waals surface area (Å²) in [6, 6.07) is 13.8. The zero-order valence-corrected chi connectivity index (χ0v) is 9.80. The fourth-order valence-corrected chi connectivity index (χ4v) is 1.47. The molecule has 0 fully saturated rings. The van der Waals surface area contributed by atoms with E-state index in [1.807, 2.05) is 12.1 Å². The van der Waals surface area contributed by atoms with E-state index < -0.39 is 0 Å². The van der Waals surface area contributed by atoms with E-state index in [0.717, 1.165) is 5.56 Å². The Labute approximate surface area is 105 Å². The Hall–Kier alpha value is -2.49. The summed E-state index contributed by atoms with van der Waals surface area (Å²) in [7, 11) is 0. The molecule has 0 aromatic heterocycles. The summed E-state index contributed by atoms with van der Waals surface area (Å²) in [5.74, 6) is -0.369. The van der Waals surface area contributed by atoms with Gasteiger partial charge in [0.15, 0.2) is 0 Å². The lowest BCUT2D eigenvalue weighted by atomic mass is 10.2. The number of hydrogen-bond acceptors (Lipinski definition) is 4. The van der Waals surface area contributed by atoms with Crippen LogP contribution >= 0.6 is 0 Å². The van der Waals surface area contributed by atoms with Gasteiger partial charge in [0, 0.05) is 11.4 Å². The predicted molar refractivity (Wildman–Crippen MR) is 70.8 cm³/mol. The Balaban J connectivity index is 1.96. The van der Waals surface area contributed by atoms with Crippen LogP contribution < -0.4 is 11.5 Å². The molecule has 0 unspecified atom stereocenters. The predicted octanol–water partition coefficient (Wildman–Crippen LogP) is 2.21. The Kier molecular flexibility index (Phi) is 3.48. The van der Waals surface area contributed by atoms with E-state index >= 15 is 0 Å². The number of nitrogens with two attached hydrogens (primary N) is 2. The van der Waals surface area contributed by atoms with Gasteiger partial charge in [0.2, 0.25) is 0 Å². The van der Waals surface area contributed by atoms with Crippen molar-refractivity contribution >= 4 is 17.3 Å². The third kappa shape index (κ3) is 3.01. The third-order valence-corrected chi connectivity index (χ3v) is 2.50. The lowest BCUT2D eigenvalue weighted by molar-refractivity contribution is 0.0473. The summed E-state index contributed by atoms with van der Waals surface area (Å²) in [6.45, 7) is 0.226. The van der Waals surface area contributed by atoms with Gasteiger partial charge in [-0.1, -0.05) is 12.1 Å². The molecule has 4 heteroatoms. The normalized spacial score (nSPS) is 10.0. The third-order valence-electron chi connectivity index (χ3n) is 2.50. The van der Waals surface area contributed by atoms with Gasteiger partial charge < -0.3 is 16.2 Å². The number of carbonyl (C=O) groups excluding carboxylic acids is 1. The molecule has 2 rings (SSSR count). The van der Waals surface area contributed by atoms with Crippen LogP contribution in [0.3, 0.4) is 0 Å². The Morgan fingerprint density at radius 1 is 0.889 bits per heavy atom. The molecule has 2 aromatic rings. The minimum absolute atomic E-state index is 0.226. The Morgan fingerprint density at radius 3 is 1.94 bits per heavy atom. The maximum atomic E-state index is 11.7. The van der Waals surface area contributed by atoms with Crippen molar-refractivity contribution in [1.82, 2.24) is 0 Å². The molecule has 0 saturated heterocycles. The molecule has 0 aliphatic heterocycles. The van der Waals surface area contributed by atoms with Crippen LogP contribution in [0, 0.1) is 0 Å². The fraction of sp³-hybridized carbons (Fsp3) is 0.0714. The summed E-state index contributed by atoms with van der Waals surface area (Å²) in [6.07, 6.45) is 0. The summed E-state index contributed by atoms with van der Waals surface area (Å²) in [4.78, 5) is 11.7. The van der Waals surface area contributed by atoms with Crippen molar-refractivity contribution in [2.24, 2.45) is 0 Å². The zero-order valence-electron chi connectivity index (χ0n) is 9.80. The lowest BCUT2D eigenvalue weighted by Gasteiger charge is -2.05. The number of carbonyl (C=O) groups is 1. The molecule has 0 aliphatic carbocycles. The molecule has 0 atom stereocenters. The number of nitrogen functional groups attached to an aromatic ring is 2. The van der Waals surface area contributed by atoms with E-state index in [9.17, 15) is 4.79 Å². The lowest BCUT2D eigenvalue weighted by Crippen LogP contribution is -2.05. The molecule has 0 spiro atoms. The van der Waals surface area contributed by atoms with Gasteiger partial charge in [0.05, 0.1) is 5.56 Å². The van der Waals surface area contributed by atoms with Crippen LogP contribution in [0.15, 0.2) is 48.5 Å². The van der Waals surface area contributed by atoms with Gasteiger partial charge in [0.1, 0.15) is 6.61 Å². The second kappa shape index (κ2) is 5.23. The molecule has 18 heavy (non-hydrogen) atoms. The average molecular weight is 242 g/mol. The zero-order chi connectivity index (χ0) is 13.0. The van der Waals surface area contributed by atoms with Crippen LogP contribution in [-0.4, -0.2) is 5.97 Å². The van der Waals surface area contributed by atoms with Gasteiger partial charge in [-0.15, -0.1) is 0 Å². The van der Waals surface area contributed by atoms with Crippen LogP contribution in [0.4, 0.5) is 11.4 Å². The molecule has 0 saturated carbocycles. The molecule has 0 aliphatic rings. The van der Waals surface area contributed by atoms with Crippen molar-refractivity contribution < 1.29 is 9.53 Å². The molecular formula is C14H14N2O2. The van der Waals surface area contributed by atoms with Gasteiger partial charge in [-0.05, 0) is 42.0 Å². The number of anilines is 2. The SMILES string of the molecule is Nc1ccc(COC(=O)c2ccc(N)cc2)cc1. The molecule has 0 amide bonds. The van der Waals surface area contributed by atoms with Crippen LogP contribution in [0.5, 0.6) is 0 Å². The van der Waals surface area contributed by atoms with Crippen LogP contribution in [-0.2, 0) is 11.3 Å². The molecule has 0 heterocycles. The smallest absolute Gasteiger partial charge is 0.338 e. The van der Waals surface area contributed by atoms with Gasteiger partial charge in [-0.2, -0.15) is 0 Å². The highest BCUT2D eigenvalue weighted by Gasteiger charge is 2.06. The highest BCUT2D eigenvalue weighted by Crippen LogP contribution is 2.10. The van der Waals surface area contributed by atoms with E-state index in [1.54, 1.807) is 36.4 Å². The van der Waals surface area contributed by atoms with E-state index in [1.165, 1.54) is 0 Å². The monoisotopic (exact) mass is 242 g/mol. The highest BCUT2D eigenvalue weighted by atomic mass is 16.5. The van der Waals surface area contributed by atoms with Gasteiger partial charge in [0.25, 0.3) is 0 Å². The first-order valence-electron chi connectivity index (χ1n) is 5.52. The van der Waals surface area contributed by atoms with Gasteiger partial charge in [-0.25, -0.2) is 4.79 Å². The van der Waals surface area contributed by atoms with Crippen LogP contribution in [0.1, 0.15) is 15.9 Å². The summed E-state index contributed by atoms with van der Waals surface area (Å²) >= 11 is 0. The van der Waals surface area contributed by atoms with E-state index in [0.29, 0.717) is 16.9 Å².